The molecule has 9 heteroatoms. The van der Waals surface area contributed by atoms with Gasteiger partial charge in [0.1, 0.15) is 12.0 Å². The van der Waals surface area contributed by atoms with Crippen molar-refractivity contribution in [2.75, 3.05) is 13.2 Å². The second kappa shape index (κ2) is 8.41. The van der Waals surface area contributed by atoms with Crippen LogP contribution in [0.2, 0.25) is 0 Å². The van der Waals surface area contributed by atoms with E-state index in [1.54, 1.807) is 18.2 Å². The molecule has 0 spiro atoms. The SMILES string of the molecule is CC(=N)[C@@H](C#N)C(=O)COC(=O)[C@@H]1CCCN1S(=O)(=O)c1ccc(C)cc1. The third-order valence-electron chi connectivity index (χ3n) is 4.34. The summed E-state index contributed by atoms with van der Waals surface area (Å²) in [6.45, 7) is 2.68. The molecule has 0 amide bonds. The van der Waals surface area contributed by atoms with Gasteiger partial charge in [-0.3, -0.25) is 9.59 Å². The number of sulfonamides is 1. The summed E-state index contributed by atoms with van der Waals surface area (Å²) in [6, 6.07) is 7.00. The second-order valence-electron chi connectivity index (χ2n) is 6.41. The minimum atomic E-state index is -3.86. The first-order valence-corrected chi connectivity index (χ1v) is 9.85. The second-order valence-corrected chi connectivity index (χ2v) is 8.30. The lowest BCUT2D eigenvalue weighted by Gasteiger charge is -2.22. The lowest BCUT2D eigenvalue weighted by molar-refractivity contribution is -0.151. The number of Topliss-reactive ketones (excluding diaryl/α,β-unsaturated/α-hetero) is 1. The molecule has 0 saturated carbocycles. The van der Waals surface area contributed by atoms with Gasteiger partial charge < -0.3 is 10.1 Å². The standard InChI is InChI=1S/C18H21N3O5S/c1-12-5-7-14(8-6-12)27(24,25)21-9-3-4-16(21)18(23)26-11-17(22)15(10-19)13(2)20/h5-8,15-16,20H,3-4,9,11H2,1-2H3/t15-,16+/m1/s1. The van der Waals surface area contributed by atoms with Gasteiger partial charge >= 0.3 is 5.97 Å². The molecule has 8 nitrogen and oxygen atoms in total. The topological polar surface area (TPSA) is 128 Å². The molecule has 2 atom stereocenters. The Morgan fingerprint density at radius 1 is 1.37 bits per heavy atom. The van der Waals surface area contributed by atoms with Crippen LogP contribution in [0.4, 0.5) is 0 Å². The van der Waals surface area contributed by atoms with Crippen LogP contribution in [-0.4, -0.2) is 49.4 Å². The smallest absolute Gasteiger partial charge is 0.324 e. The molecule has 2 rings (SSSR count). The fourth-order valence-corrected chi connectivity index (χ4v) is 4.49. The van der Waals surface area contributed by atoms with Gasteiger partial charge in [0.05, 0.1) is 11.0 Å². The summed E-state index contributed by atoms with van der Waals surface area (Å²) >= 11 is 0. The molecule has 1 fully saturated rings. The van der Waals surface area contributed by atoms with Crippen molar-refractivity contribution in [3.63, 3.8) is 0 Å². The van der Waals surface area contributed by atoms with Gasteiger partial charge in [-0.1, -0.05) is 17.7 Å². The van der Waals surface area contributed by atoms with E-state index in [0.717, 1.165) is 9.87 Å². The highest BCUT2D eigenvalue weighted by molar-refractivity contribution is 7.89. The minimum Gasteiger partial charge on any atom is -0.456 e. The molecule has 144 valence electrons. The zero-order chi connectivity index (χ0) is 20.2. The van der Waals surface area contributed by atoms with Crippen LogP contribution in [0.3, 0.4) is 0 Å². The number of hydrogen-bond donors (Lipinski definition) is 1. The van der Waals surface area contributed by atoms with Crippen LogP contribution in [0.25, 0.3) is 0 Å². The molecule has 0 aliphatic carbocycles. The number of carbonyl (C=O) groups excluding carboxylic acids is 2. The Hall–Kier alpha value is -2.57. The number of ketones is 1. The van der Waals surface area contributed by atoms with Gasteiger partial charge in [-0.15, -0.1) is 0 Å². The Kier molecular flexibility index (Phi) is 6.46. The number of benzene rings is 1. The number of nitrogens with one attached hydrogen (secondary N) is 1. The molecule has 27 heavy (non-hydrogen) atoms. The maximum absolute atomic E-state index is 12.8. The van der Waals surface area contributed by atoms with Crippen molar-refractivity contribution < 1.29 is 22.7 Å². The van der Waals surface area contributed by atoms with Crippen LogP contribution in [0, 0.1) is 29.6 Å². The van der Waals surface area contributed by atoms with Crippen LogP contribution >= 0.6 is 0 Å². The lowest BCUT2D eigenvalue weighted by Crippen LogP contribution is -2.42. The van der Waals surface area contributed by atoms with Crippen LogP contribution < -0.4 is 0 Å². The highest BCUT2D eigenvalue weighted by Gasteiger charge is 2.40. The summed E-state index contributed by atoms with van der Waals surface area (Å²) in [6.07, 6.45) is 0.794. The monoisotopic (exact) mass is 391 g/mol. The van der Waals surface area contributed by atoms with Gasteiger partial charge in [0, 0.05) is 12.3 Å². The van der Waals surface area contributed by atoms with Gasteiger partial charge in [0.15, 0.2) is 12.4 Å². The number of nitriles is 1. The van der Waals surface area contributed by atoms with E-state index >= 15 is 0 Å². The van der Waals surface area contributed by atoms with E-state index in [9.17, 15) is 18.0 Å². The van der Waals surface area contributed by atoms with Crippen molar-refractivity contribution >= 4 is 27.5 Å². The Morgan fingerprint density at radius 3 is 2.56 bits per heavy atom. The molecule has 1 saturated heterocycles. The minimum absolute atomic E-state index is 0.0906. The Morgan fingerprint density at radius 2 is 2.00 bits per heavy atom. The number of hydrogen-bond acceptors (Lipinski definition) is 7. The molecule has 1 heterocycles. The van der Waals surface area contributed by atoms with Crippen molar-refractivity contribution in [2.45, 2.75) is 37.6 Å². The maximum Gasteiger partial charge on any atom is 0.324 e. The third kappa shape index (κ3) is 4.59. The van der Waals surface area contributed by atoms with Crippen LogP contribution in [-0.2, 0) is 24.3 Å². The summed E-state index contributed by atoms with van der Waals surface area (Å²) in [5, 5.41) is 16.3. The van der Waals surface area contributed by atoms with Crippen molar-refractivity contribution in [1.29, 1.82) is 10.7 Å². The molecule has 1 aromatic carbocycles. The number of nitrogens with zero attached hydrogens (tertiary/aromatic N) is 2. The Balaban J connectivity index is 2.10. The summed E-state index contributed by atoms with van der Waals surface area (Å²) < 4.78 is 31.7. The first-order chi connectivity index (χ1) is 12.7. The van der Waals surface area contributed by atoms with Crippen molar-refractivity contribution in [1.82, 2.24) is 4.31 Å². The average molecular weight is 391 g/mol. The van der Waals surface area contributed by atoms with E-state index < -0.39 is 40.3 Å². The third-order valence-corrected chi connectivity index (χ3v) is 6.27. The molecule has 1 aliphatic heterocycles. The van der Waals surface area contributed by atoms with Gasteiger partial charge in [0.2, 0.25) is 10.0 Å². The average Bonchev–Trinajstić information content (AvgIpc) is 3.11. The first kappa shape index (κ1) is 20.7. The number of aryl methyl sites for hydroxylation is 1. The zero-order valence-electron chi connectivity index (χ0n) is 15.1. The molecule has 1 aromatic rings. The highest BCUT2D eigenvalue weighted by Crippen LogP contribution is 2.27. The van der Waals surface area contributed by atoms with Gasteiger partial charge in [-0.25, -0.2) is 8.42 Å². The number of esters is 1. The van der Waals surface area contributed by atoms with E-state index in [1.807, 2.05) is 6.92 Å². The fraction of sp³-hybridized carbons (Fsp3) is 0.444. The Labute approximate surface area is 158 Å². The van der Waals surface area contributed by atoms with Gasteiger partial charge in [-0.2, -0.15) is 9.57 Å². The number of ether oxygens (including phenoxy) is 1. The molecule has 1 N–H and O–H groups in total. The summed E-state index contributed by atoms with van der Waals surface area (Å²) in [4.78, 5) is 24.3. The largest absolute Gasteiger partial charge is 0.456 e. The fourth-order valence-electron chi connectivity index (χ4n) is 2.84. The van der Waals surface area contributed by atoms with Crippen LogP contribution in [0.1, 0.15) is 25.3 Å². The Bertz CT molecular complexity index is 887. The first-order valence-electron chi connectivity index (χ1n) is 8.41. The van der Waals surface area contributed by atoms with Crippen molar-refractivity contribution in [3.05, 3.63) is 29.8 Å². The maximum atomic E-state index is 12.8. The van der Waals surface area contributed by atoms with Gasteiger partial charge in [0.25, 0.3) is 0 Å². The lowest BCUT2D eigenvalue weighted by atomic mass is 10.0. The molecule has 0 aromatic heterocycles. The van der Waals surface area contributed by atoms with Crippen LogP contribution in [0.15, 0.2) is 29.2 Å². The molecule has 1 aliphatic rings. The van der Waals surface area contributed by atoms with Gasteiger partial charge in [-0.05, 0) is 38.8 Å². The summed E-state index contributed by atoms with van der Waals surface area (Å²) in [5.41, 5.74) is 0.779. The van der Waals surface area contributed by atoms with E-state index in [1.165, 1.54) is 19.1 Å². The molecule has 0 unspecified atom stereocenters. The quantitative estimate of drug-likeness (QED) is 0.553. The predicted octanol–water partition coefficient (Wildman–Crippen LogP) is 1.44. The van der Waals surface area contributed by atoms with Crippen molar-refractivity contribution in [2.24, 2.45) is 5.92 Å². The zero-order valence-corrected chi connectivity index (χ0v) is 16.0. The van der Waals surface area contributed by atoms with E-state index in [4.69, 9.17) is 15.4 Å². The number of rotatable bonds is 7. The highest BCUT2D eigenvalue weighted by atomic mass is 32.2. The van der Waals surface area contributed by atoms with E-state index in [-0.39, 0.29) is 17.2 Å². The molecule has 0 radical (unpaired) electrons. The summed E-state index contributed by atoms with van der Waals surface area (Å²) in [5.74, 6) is -2.80. The van der Waals surface area contributed by atoms with Crippen LogP contribution in [0.5, 0.6) is 0 Å². The van der Waals surface area contributed by atoms with Crippen molar-refractivity contribution in [3.8, 4) is 6.07 Å². The normalized spacial score (nSPS) is 18.5. The van der Waals surface area contributed by atoms with E-state index in [2.05, 4.69) is 0 Å². The van der Waals surface area contributed by atoms with E-state index in [0.29, 0.717) is 12.8 Å². The number of carbonyl (C=O) groups is 2. The molecule has 0 bridgehead atoms. The summed E-state index contributed by atoms with van der Waals surface area (Å²) in [7, 11) is -3.86. The molecular weight excluding hydrogens is 370 g/mol. The predicted molar refractivity (Wildman–Crippen MR) is 96.6 cm³/mol. The molecular formula is C18H21N3O5S.